The molecule has 0 saturated carbocycles. The molecule has 0 aliphatic carbocycles. The van der Waals surface area contributed by atoms with E-state index < -0.39 is 0 Å². The van der Waals surface area contributed by atoms with Gasteiger partial charge in [0.05, 0.1) is 32.9 Å². The van der Waals surface area contributed by atoms with E-state index in [1.54, 1.807) is 25.3 Å². The first-order valence-electron chi connectivity index (χ1n) is 9.57. The number of nitrogens with zero attached hydrogens (tertiary/aromatic N) is 1. The van der Waals surface area contributed by atoms with Crippen molar-refractivity contribution in [1.29, 1.82) is 0 Å². The van der Waals surface area contributed by atoms with Gasteiger partial charge in [0.15, 0.2) is 11.5 Å². The molecule has 158 valence electrons. The van der Waals surface area contributed by atoms with Gasteiger partial charge in [-0.2, -0.15) is 0 Å². The largest absolute Gasteiger partial charge is 0.493 e. The van der Waals surface area contributed by atoms with Crippen molar-refractivity contribution in [1.82, 2.24) is 4.90 Å². The zero-order valence-electron chi connectivity index (χ0n) is 17.9. The molecule has 0 atom stereocenters. The minimum atomic E-state index is -0.389. The third kappa shape index (κ3) is 4.02. The lowest BCUT2D eigenvalue weighted by Gasteiger charge is -2.14. The summed E-state index contributed by atoms with van der Waals surface area (Å²) in [5, 5.41) is 3.16. The Hall–Kier alpha value is -3.32. The minimum absolute atomic E-state index is 0.170. The molecule has 7 heteroatoms. The van der Waals surface area contributed by atoms with E-state index in [-0.39, 0.29) is 36.2 Å². The van der Waals surface area contributed by atoms with Crippen LogP contribution in [0.5, 0.6) is 11.5 Å². The van der Waals surface area contributed by atoms with Crippen LogP contribution in [0.3, 0.4) is 0 Å². The summed E-state index contributed by atoms with van der Waals surface area (Å²) in [6.45, 7) is 4.44. The van der Waals surface area contributed by atoms with Crippen LogP contribution in [-0.2, 0) is 14.3 Å². The maximum absolute atomic E-state index is 13.2. The molecule has 2 amide bonds. The zero-order valence-corrected chi connectivity index (χ0v) is 17.9. The highest BCUT2D eigenvalue weighted by Gasteiger charge is 2.39. The van der Waals surface area contributed by atoms with E-state index in [0.717, 1.165) is 16.8 Å². The van der Waals surface area contributed by atoms with Crippen molar-refractivity contribution in [2.75, 3.05) is 39.8 Å². The number of ether oxygens (including phenoxy) is 3. The lowest BCUT2D eigenvalue weighted by atomic mass is 10.0. The van der Waals surface area contributed by atoms with Gasteiger partial charge in [-0.15, -0.1) is 0 Å². The van der Waals surface area contributed by atoms with Crippen LogP contribution in [0, 0.1) is 13.8 Å². The van der Waals surface area contributed by atoms with Crippen molar-refractivity contribution < 1.29 is 23.8 Å². The summed E-state index contributed by atoms with van der Waals surface area (Å²) in [7, 11) is 4.60. The Morgan fingerprint density at radius 3 is 2.23 bits per heavy atom. The monoisotopic (exact) mass is 410 g/mol. The van der Waals surface area contributed by atoms with E-state index in [0.29, 0.717) is 17.1 Å². The molecule has 3 rings (SSSR count). The number of rotatable bonds is 8. The molecule has 0 radical (unpaired) electrons. The third-order valence-electron chi connectivity index (χ3n) is 5.14. The number of hydrogen-bond donors (Lipinski definition) is 1. The Bertz CT molecular complexity index is 1010. The molecule has 1 aliphatic heterocycles. The Morgan fingerprint density at radius 1 is 0.867 bits per heavy atom. The van der Waals surface area contributed by atoms with E-state index in [4.69, 9.17) is 14.2 Å². The van der Waals surface area contributed by atoms with E-state index in [2.05, 4.69) is 5.32 Å². The SMILES string of the molecule is COCCN1C(=O)C(Nc2ccc(C)c(C)c2)=C(c2ccc(OC)c(OC)c2)C1=O. The second kappa shape index (κ2) is 9.00. The van der Waals surface area contributed by atoms with Gasteiger partial charge in [0, 0.05) is 12.8 Å². The summed E-state index contributed by atoms with van der Waals surface area (Å²) in [4.78, 5) is 27.5. The molecule has 1 aliphatic rings. The van der Waals surface area contributed by atoms with Gasteiger partial charge < -0.3 is 19.5 Å². The summed E-state index contributed by atoms with van der Waals surface area (Å²) >= 11 is 0. The summed E-state index contributed by atoms with van der Waals surface area (Å²) in [6, 6.07) is 11.0. The molecule has 2 aromatic carbocycles. The Morgan fingerprint density at radius 2 is 1.60 bits per heavy atom. The van der Waals surface area contributed by atoms with Gasteiger partial charge in [0.2, 0.25) is 0 Å². The van der Waals surface area contributed by atoms with Crippen molar-refractivity contribution >= 4 is 23.1 Å². The maximum atomic E-state index is 13.2. The molecule has 2 aromatic rings. The Balaban J connectivity index is 2.09. The van der Waals surface area contributed by atoms with Gasteiger partial charge in [-0.25, -0.2) is 0 Å². The van der Waals surface area contributed by atoms with Crippen molar-refractivity contribution in [3.05, 3.63) is 58.8 Å². The first-order chi connectivity index (χ1) is 14.4. The zero-order chi connectivity index (χ0) is 21.8. The topological polar surface area (TPSA) is 77.1 Å². The van der Waals surface area contributed by atoms with Gasteiger partial charge in [-0.05, 0) is 54.8 Å². The molecule has 1 heterocycles. The Kier molecular flexibility index (Phi) is 6.42. The summed E-state index contributed by atoms with van der Waals surface area (Å²) in [5.74, 6) is 0.248. The molecular formula is C23H26N2O5. The van der Waals surface area contributed by atoms with Gasteiger partial charge >= 0.3 is 0 Å². The van der Waals surface area contributed by atoms with Crippen LogP contribution in [0.4, 0.5) is 5.69 Å². The van der Waals surface area contributed by atoms with Crippen molar-refractivity contribution in [3.63, 3.8) is 0 Å². The number of benzene rings is 2. The molecule has 0 aromatic heterocycles. The van der Waals surface area contributed by atoms with Crippen LogP contribution in [-0.4, -0.2) is 51.2 Å². The van der Waals surface area contributed by atoms with Crippen molar-refractivity contribution in [3.8, 4) is 11.5 Å². The fraction of sp³-hybridized carbons (Fsp3) is 0.304. The maximum Gasteiger partial charge on any atom is 0.278 e. The lowest BCUT2D eigenvalue weighted by Crippen LogP contribution is -2.35. The highest BCUT2D eigenvalue weighted by Crippen LogP contribution is 2.35. The second-order valence-electron chi connectivity index (χ2n) is 7.00. The summed E-state index contributed by atoms with van der Waals surface area (Å²) in [5.41, 5.74) is 4.05. The number of hydrogen-bond acceptors (Lipinski definition) is 6. The molecule has 1 N–H and O–H groups in total. The summed E-state index contributed by atoms with van der Waals surface area (Å²) < 4.78 is 15.7. The molecule has 0 bridgehead atoms. The smallest absolute Gasteiger partial charge is 0.278 e. The van der Waals surface area contributed by atoms with Gasteiger partial charge in [-0.3, -0.25) is 14.5 Å². The quantitative estimate of drug-likeness (QED) is 0.674. The number of nitrogens with one attached hydrogen (secondary N) is 1. The normalized spacial score (nSPS) is 13.8. The third-order valence-corrected chi connectivity index (χ3v) is 5.14. The van der Waals surface area contributed by atoms with E-state index >= 15 is 0 Å². The predicted molar refractivity (Wildman–Crippen MR) is 115 cm³/mol. The number of aryl methyl sites for hydroxylation is 2. The molecule has 0 saturated heterocycles. The fourth-order valence-electron chi connectivity index (χ4n) is 3.30. The van der Waals surface area contributed by atoms with Crippen LogP contribution in [0.15, 0.2) is 42.1 Å². The van der Waals surface area contributed by atoms with Crippen LogP contribution in [0.1, 0.15) is 16.7 Å². The van der Waals surface area contributed by atoms with E-state index in [1.807, 2.05) is 32.0 Å². The fourth-order valence-corrected chi connectivity index (χ4v) is 3.30. The highest BCUT2D eigenvalue weighted by molar-refractivity contribution is 6.36. The first kappa shape index (κ1) is 21.4. The second-order valence-corrected chi connectivity index (χ2v) is 7.00. The van der Waals surface area contributed by atoms with Crippen molar-refractivity contribution in [2.45, 2.75) is 13.8 Å². The number of anilines is 1. The number of amides is 2. The number of carbonyl (C=O) groups is 2. The average Bonchev–Trinajstić information content (AvgIpc) is 2.97. The van der Waals surface area contributed by atoms with Gasteiger partial charge in [0.25, 0.3) is 11.8 Å². The van der Waals surface area contributed by atoms with Crippen LogP contribution in [0.25, 0.3) is 5.57 Å². The predicted octanol–water partition coefficient (Wildman–Crippen LogP) is 3.16. The lowest BCUT2D eigenvalue weighted by molar-refractivity contribution is -0.137. The van der Waals surface area contributed by atoms with E-state index in [1.165, 1.54) is 19.1 Å². The average molecular weight is 410 g/mol. The van der Waals surface area contributed by atoms with Gasteiger partial charge in [0.1, 0.15) is 5.70 Å². The molecule has 0 unspecified atom stereocenters. The van der Waals surface area contributed by atoms with Crippen LogP contribution in [0.2, 0.25) is 0 Å². The molecule has 30 heavy (non-hydrogen) atoms. The van der Waals surface area contributed by atoms with Gasteiger partial charge in [-0.1, -0.05) is 12.1 Å². The minimum Gasteiger partial charge on any atom is -0.493 e. The first-order valence-corrected chi connectivity index (χ1v) is 9.57. The molecule has 7 nitrogen and oxygen atoms in total. The number of imide groups is 1. The van der Waals surface area contributed by atoms with Crippen molar-refractivity contribution in [2.24, 2.45) is 0 Å². The van der Waals surface area contributed by atoms with Crippen LogP contribution >= 0.6 is 0 Å². The number of methoxy groups -OCH3 is 3. The van der Waals surface area contributed by atoms with E-state index in [9.17, 15) is 9.59 Å². The highest BCUT2D eigenvalue weighted by atomic mass is 16.5. The Labute approximate surface area is 176 Å². The molecule has 0 fully saturated rings. The summed E-state index contributed by atoms with van der Waals surface area (Å²) in [6.07, 6.45) is 0. The van der Waals surface area contributed by atoms with Crippen LogP contribution < -0.4 is 14.8 Å². The molecular weight excluding hydrogens is 384 g/mol. The standard InChI is InChI=1S/C23H26N2O5/c1-14-6-8-17(12-15(14)2)24-21-20(22(26)25(23(21)27)10-11-28-3)16-7-9-18(29-4)19(13-16)30-5/h6-9,12-13,24H,10-11H2,1-5H3. The molecule has 0 spiro atoms. The number of carbonyl (C=O) groups excluding carboxylic acids is 2.